The van der Waals surface area contributed by atoms with Gasteiger partial charge >= 0.3 is 0 Å². The van der Waals surface area contributed by atoms with Crippen LogP contribution in [0.5, 0.6) is 0 Å². The van der Waals surface area contributed by atoms with Crippen LogP contribution in [0.2, 0.25) is 0 Å². The maximum atomic E-state index is 7.68. The van der Waals surface area contributed by atoms with Crippen LogP contribution < -0.4 is 5.73 Å². The number of amidine groups is 1. The van der Waals surface area contributed by atoms with Crippen molar-refractivity contribution in [3.63, 3.8) is 0 Å². The van der Waals surface area contributed by atoms with E-state index in [4.69, 9.17) is 11.1 Å². The van der Waals surface area contributed by atoms with Gasteiger partial charge in [0.2, 0.25) is 0 Å². The number of aryl methyl sites for hydroxylation is 2. The zero-order valence-electron chi connectivity index (χ0n) is 11.4. The molecule has 3 N–H and O–H groups in total. The zero-order chi connectivity index (χ0) is 14.3. The highest BCUT2D eigenvalue weighted by molar-refractivity contribution is 5.99. The third-order valence-electron chi connectivity index (χ3n) is 3.51. The maximum Gasteiger partial charge on any atom is 0.125 e. The number of nitrogens with two attached hydrogens (primary N) is 1. The average Bonchev–Trinajstić information content (AvgIpc) is 2.82. The Hall–Kier alpha value is -2.69. The molecule has 0 bridgehead atoms. The summed E-state index contributed by atoms with van der Waals surface area (Å²) in [4.78, 5) is 8.55. The lowest BCUT2D eigenvalue weighted by atomic mass is 10.1. The number of hydrogen-bond donors (Lipinski definition) is 2. The Kier molecular flexibility index (Phi) is 2.75. The van der Waals surface area contributed by atoms with Crippen molar-refractivity contribution in [1.82, 2.24) is 14.5 Å². The summed E-state index contributed by atoms with van der Waals surface area (Å²) in [5.74, 6) is 0.0214. The number of rotatable bonds is 2. The molecule has 0 aliphatic rings. The molecule has 3 aromatic rings. The van der Waals surface area contributed by atoms with Gasteiger partial charge in [-0.05, 0) is 43.2 Å². The Bertz CT molecular complexity index is 816. The molecule has 0 fully saturated rings. The van der Waals surface area contributed by atoms with Crippen LogP contribution >= 0.6 is 0 Å². The van der Waals surface area contributed by atoms with E-state index in [1.54, 1.807) is 24.8 Å². The summed E-state index contributed by atoms with van der Waals surface area (Å²) in [5.41, 5.74) is 11.4. The quantitative estimate of drug-likeness (QED) is 0.551. The van der Waals surface area contributed by atoms with Crippen LogP contribution in [0.4, 0.5) is 0 Å². The fraction of sp³-hybridized carbons (Fsp3) is 0.133. The molecule has 2 heterocycles. The highest BCUT2D eigenvalue weighted by Crippen LogP contribution is 2.23. The van der Waals surface area contributed by atoms with Gasteiger partial charge in [-0.15, -0.1) is 0 Å². The molecule has 0 unspecified atom stereocenters. The summed E-state index contributed by atoms with van der Waals surface area (Å²) >= 11 is 0. The third-order valence-corrected chi connectivity index (χ3v) is 3.51. The summed E-state index contributed by atoms with van der Waals surface area (Å²) in [5, 5.41) is 7.68. The van der Waals surface area contributed by atoms with E-state index in [2.05, 4.69) is 35.9 Å². The minimum atomic E-state index is 0.0214. The molecular formula is C15H15N5. The molecule has 1 aromatic carbocycles. The number of aromatic nitrogens is 3. The van der Waals surface area contributed by atoms with E-state index in [1.807, 2.05) is 4.57 Å². The molecule has 0 spiro atoms. The van der Waals surface area contributed by atoms with Gasteiger partial charge in [0.15, 0.2) is 0 Å². The van der Waals surface area contributed by atoms with E-state index >= 15 is 0 Å². The van der Waals surface area contributed by atoms with Gasteiger partial charge in [-0.2, -0.15) is 0 Å². The predicted molar refractivity (Wildman–Crippen MR) is 79.4 cm³/mol. The first kappa shape index (κ1) is 12.3. The lowest BCUT2D eigenvalue weighted by Gasteiger charge is -2.10. The maximum absolute atomic E-state index is 7.68. The van der Waals surface area contributed by atoms with Crippen LogP contribution in [-0.2, 0) is 0 Å². The van der Waals surface area contributed by atoms with Gasteiger partial charge in [0.25, 0.3) is 0 Å². The van der Waals surface area contributed by atoms with Crippen molar-refractivity contribution in [2.45, 2.75) is 13.8 Å². The number of benzene rings is 1. The largest absolute Gasteiger partial charge is 0.384 e. The average molecular weight is 265 g/mol. The zero-order valence-corrected chi connectivity index (χ0v) is 11.4. The summed E-state index contributed by atoms with van der Waals surface area (Å²) in [6.07, 6.45) is 5.08. The Morgan fingerprint density at radius 3 is 2.75 bits per heavy atom. The second-order valence-electron chi connectivity index (χ2n) is 4.85. The summed E-state index contributed by atoms with van der Waals surface area (Å²) in [6, 6.07) is 5.89. The number of nitrogens with zero attached hydrogens (tertiary/aromatic N) is 3. The summed E-state index contributed by atoms with van der Waals surface area (Å²) in [6.45, 7) is 4.14. The number of imidazole rings is 1. The minimum Gasteiger partial charge on any atom is -0.384 e. The smallest absolute Gasteiger partial charge is 0.125 e. The van der Waals surface area contributed by atoms with Gasteiger partial charge in [-0.25, -0.2) is 4.98 Å². The van der Waals surface area contributed by atoms with Gasteiger partial charge in [-0.1, -0.05) is 0 Å². The molecule has 5 nitrogen and oxygen atoms in total. The molecule has 100 valence electrons. The first-order valence-electron chi connectivity index (χ1n) is 6.31. The lowest BCUT2D eigenvalue weighted by molar-refractivity contribution is 1.06. The normalized spacial score (nSPS) is 10.9. The number of nitrogen functional groups attached to an aromatic ring is 1. The van der Waals surface area contributed by atoms with Crippen molar-refractivity contribution < 1.29 is 0 Å². The van der Waals surface area contributed by atoms with E-state index < -0.39 is 0 Å². The molecule has 0 saturated heterocycles. The second kappa shape index (κ2) is 4.45. The van der Waals surface area contributed by atoms with Crippen molar-refractivity contribution in [2.24, 2.45) is 5.73 Å². The highest BCUT2D eigenvalue weighted by atomic mass is 15.1. The Balaban J connectivity index is 2.31. The van der Waals surface area contributed by atoms with E-state index in [-0.39, 0.29) is 5.84 Å². The van der Waals surface area contributed by atoms with Gasteiger partial charge in [0.05, 0.1) is 22.9 Å². The number of pyridine rings is 1. The van der Waals surface area contributed by atoms with Crippen LogP contribution in [0, 0.1) is 19.3 Å². The van der Waals surface area contributed by atoms with Crippen molar-refractivity contribution in [1.29, 1.82) is 5.41 Å². The molecule has 0 radical (unpaired) electrons. The van der Waals surface area contributed by atoms with Gasteiger partial charge in [0, 0.05) is 11.8 Å². The van der Waals surface area contributed by atoms with E-state index in [1.165, 1.54) is 11.1 Å². The molecule has 5 heteroatoms. The molecule has 0 aliphatic carbocycles. The third kappa shape index (κ3) is 1.84. The molecule has 3 rings (SSSR count). The topological polar surface area (TPSA) is 80.6 Å². The van der Waals surface area contributed by atoms with Crippen molar-refractivity contribution in [2.75, 3.05) is 0 Å². The standard InChI is InChI=1S/C15H15N5/c1-9-5-12-13(6-10(9)2)20(8-19-12)14-7-18-4-3-11(14)15(16)17/h3-8H,1-2H3,(H3,16,17). The lowest BCUT2D eigenvalue weighted by Crippen LogP contribution is -2.14. The first-order valence-corrected chi connectivity index (χ1v) is 6.31. The molecule has 0 amide bonds. The molecule has 0 saturated carbocycles. The number of fused-ring (bicyclic) bond motifs is 1. The Morgan fingerprint density at radius 2 is 2.00 bits per heavy atom. The number of nitrogens with one attached hydrogen (secondary N) is 1. The molecule has 2 aromatic heterocycles. The van der Waals surface area contributed by atoms with Gasteiger partial charge in [0.1, 0.15) is 12.2 Å². The molecule has 20 heavy (non-hydrogen) atoms. The van der Waals surface area contributed by atoms with Crippen molar-refractivity contribution in [3.05, 3.63) is 53.6 Å². The van der Waals surface area contributed by atoms with E-state index in [0.717, 1.165) is 16.7 Å². The summed E-state index contributed by atoms with van der Waals surface area (Å²) < 4.78 is 1.92. The second-order valence-corrected chi connectivity index (χ2v) is 4.85. The molecule has 0 aliphatic heterocycles. The monoisotopic (exact) mass is 265 g/mol. The fourth-order valence-corrected chi connectivity index (χ4v) is 2.26. The van der Waals surface area contributed by atoms with Crippen molar-refractivity contribution >= 4 is 16.9 Å². The van der Waals surface area contributed by atoms with E-state index in [9.17, 15) is 0 Å². The Morgan fingerprint density at radius 1 is 1.25 bits per heavy atom. The van der Waals surface area contributed by atoms with Crippen LogP contribution in [0.25, 0.3) is 16.7 Å². The van der Waals surface area contributed by atoms with Crippen molar-refractivity contribution in [3.8, 4) is 5.69 Å². The van der Waals surface area contributed by atoms with Gasteiger partial charge < -0.3 is 5.73 Å². The highest BCUT2D eigenvalue weighted by Gasteiger charge is 2.11. The van der Waals surface area contributed by atoms with Crippen LogP contribution in [0.3, 0.4) is 0 Å². The minimum absolute atomic E-state index is 0.0214. The SMILES string of the molecule is Cc1cc2ncn(-c3cnccc3C(=N)N)c2cc1C. The first-order chi connectivity index (χ1) is 9.58. The fourth-order valence-electron chi connectivity index (χ4n) is 2.26. The summed E-state index contributed by atoms with van der Waals surface area (Å²) in [7, 11) is 0. The molecule has 0 atom stereocenters. The van der Waals surface area contributed by atoms with E-state index in [0.29, 0.717) is 5.56 Å². The Labute approximate surface area is 116 Å². The van der Waals surface area contributed by atoms with Crippen LogP contribution in [0.15, 0.2) is 36.9 Å². The molecular weight excluding hydrogens is 250 g/mol. The predicted octanol–water partition coefficient (Wildman–Crippen LogP) is 2.32. The number of hydrogen-bond acceptors (Lipinski definition) is 3. The van der Waals surface area contributed by atoms with Crippen LogP contribution in [-0.4, -0.2) is 20.4 Å². The van der Waals surface area contributed by atoms with Gasteiger partial charge in [-0.3, -0.25) is 15.0 Å². The van der Waals surface area contributed by atoms with Crippen LogP contribution in [0.1, 0.15) is 16.7 Å².